The number of benzene rings is 9. The van der Waals surface area contributed by atoms with E-state index in [1.807, 2.05) is 12.1 Å². The van der Waals surface area contributed by atoms with Gasteiger partial charge in [-0.3, -0.25) is 4.57 Å². The minimum absolute atomic E-state index is 0.302. The number of furan rings is 1. The molecule has 5 nitrogen and oxygen atoms in total. The lowest BCUT2D eigenvalue weighted by Gasteiger charge is -2.23. The van der Waals surface area contributed by atoms with Gasteiger partial charge in [0.25, 0.3) is 0 Å². The van der Waals surface area contributed by atoms with Gasteiger partial charge in [-0.25, -0.2) is 9.97 Å². The first kappa shape index (κ1) is 35.3. The summed E-state index contributed by atoms with van der Waals surface area (Å²) in [6.45, 7) is 4.79. The minimum atomic E-state index is -0.302. The first-order valence-electron chi connectivity index (χ1n) is 22.0. The summed E-state index contributed by atoms with van der Waals surface area (Å²) in [5.41, 5.74) is 17.3. The van der Waals surface area contributed by atoms with Crippen LogP contribution < -0.4 is 0 Å². The quantitative estimate of drug-likeness (QED) is 0.178. The van der Waals surface area contributed by atoms with E-state index in [2.05, 4.69) is 205 Å². The SMILES string of the molecule is CC1(C)c2ccccc2-c2c1c1c3ccccc3n(-c3nc(-c4cccc(-c5cccc6c5oc5ccccc56)c4)c4ccccc4n3)c1c1c3ccccc3n(-c3ccccc3)c21. The van der Waals surface area contributed by atoms with Crippen molar-refractivity contribution in [3.05, 3.63) is 205 Å². The van der Waals surface area contributed by atoms with Gasteiger partial charge in [-0.2, -0.15) is 0 Å². The average Bonchev–Trinajstić information content (AvgIpc) is 4.07. The predicted octanol–water partition coefficient (Wildman–Crippen LogP) is 15.4. The molecule has 0 saturated carbocycles. The second-order valence-electron chi connectivity index (χ2n) is 17.7. The summed E-state index contributed by atoms with van der Waals surface area (Å²) >= 11 is 0. The highest BCUT2D eigenvalue weighted by Gasteiger charge is 2.41. The van der Waals surface area contributed by atoms with Crippen molar-refractivity contribution in [1.82, 2.24) is 19.1 Å². The van der Waals surface area contributed by atoms with E-state index < -0.39 is 0 Å². The molecule has 0 radical (unpaired) electrons. The fourth-order valence-electron chi connectivity index (χ4n) is 11.2. The number of hydrogen-bond donors (Lipinski definition) is 0. The number of aromatic nitrogens is 4. The van der Waals surface area contributed by atoms with Crippen molar-refractivity contribution in [2.75, 3.05) is 0 Å². The van der Waals surface area contributed by atoms with E-state index in [0.717, 1.165) is 77.5 Å². The summed E-state index contributed by atoms with van der Waals surface area (Å²) in [7, 11) is 0. The molecule has 0 unspecified atom stereocenters. The molecule has 64 heavy (non-hydrogen) atoms. The molecule has 1 aliphatic carbocycles. The lowest BCUT2D eigenvalue weighted by Crippen LogP contribution is -2.15. The molecule has 0 fully saturated rings. The first-order valence-corrected chi connectivity index (χ1v) is 22.0. The van der Waals surface area contributed by atoms with Crippen molar-refractivity contribution in [3.63, 3.8) is 0 Å². The Morgan fingerprint density at radius 3 is 1.94 bits per heavy atom. The number of hydrogen-bond acceptors (Lipinski definition) is 3. The van der Waals surface area contributed by atoms with Crippen molar-refractivity contribution in [2.24, 2.45) is 0 Å². The number of nitrogens with zero attached hydrogens (tertiary/aromatic N) is 4. The summed E-state index contributed by atoms with van der Waals surface area (Å²) in [5, 5.41) is 8.03. The summed E-state index contributed by atoms with van der Waals surface area (Å²) in [6.07, 6.45) is 0. The molecule has 0 aliphatic heterocycles. The summed E-state index contributed by atoms with van der Waals surface area (Å²) in [5.74, 6) is 0.635. The van der Waals surface area contributed by atoms with Gasteiger partial charge in [-0.1, -0.05) is 166 Å². The van der Waals surface area contributed by atoms with Crippen LogP contribution in [0.5, 0.6) is 0 Å². The van der Waals surface area contributed by atoms with E-state index in [1.165, 1.54) is 49.3 Å². The Kier molecular flexibility index (Phi) is 7.11. The highest BCUT2D eigenvalue weighted by Crippen LogP contribution is 2.58. The van der Waals surface area contributed by atoms with Gasteiger partial charge in [0.1, 0.15) is 11.2 Å². The van der Waals surface area contributed by atoms with Crippen molar-refractivity contribution in [2.45, 2.75) is 19.3 Å². The summed E-state index contributed by atoms with van der Waals surface area (Å²) in [4.78, 5) is 11.2. The average molecular weight is 819 g/mol. The van der Waals surface area contributed by atoms with E-state index in [0.29, 0.717) is 5.95 Å². The van der Waals surface area contributed by atoms with Crippen molar-refractivity contribution in [1.29, 1.82) is 0 Å². The van der Waals surface area contributed by atoms with Gasteiger partial charge in [-0.05, 0) is 64.7 Å². The molecular formula is C59H38N4O. The molecule has 4 aromatic heterocycles. The van der Waals surface area contributed by atoms with Crippen molar-refractivity contribution in [3.8, 4) is 45.1 Å². The summed E-state index contributed by atoms with van der Waals surface area (Å²) in [6, 6.07) is 69.4. The molecule has 0 N–H and O–H groups in total. The van der Waals surface area contributed by atoms with Crippen LogP contribution in [0.4, 0.5) is 0 Å². The van der Waals surface area contributed by atoms with E-state index in [1.54, 1.807) is 0 Å². The number of rotatable bonds is 4. The zero-order valence-electron chi connectivity index (χ0n) is 35.2. The van der Waals surface area contributed by atoms with Gasteiger partial charge in [0.05, 0.1) is 33.3 Å². The van der Waals surface area contributed by atoms with Crippen LogP contribution in [0.3, 0.4) is 0 Å². The van der Waals surface area contributed by atoms with Crippen molar-refractivity contribution < 1.29 is 4.42 Å². The molecule has 13 aromatic rings. The molecule has 4 heterocycles. The molecule has 300 valence electrons. The van der Waals surface area contributed by atoms with Gasteiger partial charge >= 0.3 is 0 Å². The highest BCUT2D eigenvalue weighted by molar-refractivity contribution is 6.31. The topological polar surface area (TPSA) is 48.8 Å². The molecular weight excluding hydrogens is 781 g/mol. The fourth-order valence-corrected chi connectivity index (χ4v) is 11.2. The maximum atomic E-state index is 6.54. The van der Waals surface area contributed by atoms with Crippen LogP contribution in [0.15, 0.2) is 199 Å². The molecule has 1 aliphatic rings. The molecule has 0 spiro atoms. The number of fused-ring (bicyclic) bond motifs is 16. The Hall–Kier alpha value is -8.28. The Morgan fingerprint density at radius 1 is 0.469 bits per heavy atom. The molecule has 5 heteroatoms. The van der Waals surface area contributed by atoms with Gasteiger partial charge < -0.3 is 8.98 Å². The normalized spacial score (nSPS) is 13.3. The van der Waals surface area contributed by atoms with Crippen LogP contribution in [0, 0.1) is 0 Å². The minimum Gasteiger partial charge on any atom is -0.455 e. The van der Waals surface area contributed by atoms with E-state index in [-0.39, 0.29) is 5.41 Å². The van der Waals surface area contributed by atoms with Gasteiger partial charge in [-0.15, -0.1) is 0 Å². The second-order valence-corrected chi connectivity index (χ2v) is 17.7. The van der Waals surface area contributed by atoms with Crippen LogP contribution in [0.2, 0.25) is 0 Å². The lowest BCUT2D eigenvalue weighted by atomic mass is 9.80. The molecule has 0 atom stereocenters. The third-order valence-electron chi connectivity index (χ3n) is 13.9. The standard InChI is InChI=1S/C59H38N4O/c1-59(2)45-29-11-6-23-41(45)50-53(59)51-43-25-8-14-32-48(43)63(56(51)52-44-26-9-13-31-47(44)62(55(50)52)37-20-4-3-5-21-37)58-60-46-30-12-7-24-42(46)54(61-58)36-19-16-18-35(34-36)38-27-17-28-40-39-22-10-15-33-49(39)64-57(38)40/h3-34H,1-2H3. The van der Waals surface area contributed by atoms with Crippen LogP contribution in [0.1, 0.15) is 25.0 Å². The monoisotopic (exact) mass is 818 g/mol. The smallest absolute Gasteiger partial charge is 0.235 e. The zero-order valence-corrected chi connectivity index (χ0v) is 35.2. The zero-order chi connectivity index (χ0) is 42.3. The molecule has 0 amide bonds. The van der Waals surface area contributed by atoms with Gasteiger partial charge in [0, 0.05) is 65.5 Å². The first-order chi connectivity index (χ1) is 31.5. The maximum Gasteiger partial charge on any atom is 0.235 e. The fraction of sp³-hybridized carbons (Fsp3) is 0.0508. The molecule has 0 bridgehead atoms. The summed E-state index contributed by atoms with van der Waals surface area (Å²) < 4.78 is 11.4. The third kappa shape index (κ3) is 4.67. The molecule has 0 saturated heterocycles. The molecule has 14 rings (SSSR count). The largest absolute Gasteiger partial charge is 0.455 e. The van der Waals surface area contributed by atoms with Crippen LogP contribution in [-0.2, 0) is 5.41 Å². The number of para-hydroxylation sites is 6. The second kappa shape index (κ2) is 12.9. The van der Waals surface area contributed by atoms with Crippen LogP contribution >= 0.6 is 0 Å². The highest BCUT2D eigenvalue weighted by atomic mass is 16.3. The maximum absolute atomic E-state index is 6.54. The van der Waals surface area contributed by atoms with Crippen molar-refractivity contribution >= 4 is 76.5 Å². The Morgan fingerprint density at radius 2 is 1.09 bits per heavy atom. The molecule has 9 aromatic carbocycles. The van der Waals surface area contributed by atoms with Crippen LogP contribution in [0.25, 0.3) is 122 Å². The van der Waals surface area contributed by atoms with Gasteiger partial charge in [0.15, 0.2) is 0 Å². The Labute approximate surface area is 368 Å². The Bertz CT molecular complexity index is 4110. The van der Waals surface area contributed by atoms with E-state index in [9.17, 15) is 0 Å². The van der Waals surface area contributed by atoms with E-state index >= 15 is 0 Å². The predicted molar refractivity (Wildman–Crippen MR) is 264 cm³/mol. The Balaban J connectivity index is 1.12. The van der Waals surface area contributed by atoms with Gasteiger partial charge in [0.2, 0.25) is 5.95 Å². The lowest BCUT2D eigenvalue weighted by molar-refractivity contribution is 0.667. The van der Waals surface area contributed by atoms with Crippen LogP contribution in [-0.4, -0.2) is 19.1 Å². The van der Waals surface area contributed by atoms with E-state index in [4.69, 9.17) is 14.4 Å². The third-order valence-corrected chi connectivity index (χ3v) is 13.9.